The van der Waals surface area contributed by atoms with Crippen molar-refractivity contribution in [3.8, 4) is 0 Å². The molecule has 1 aromatic rings. The molecular weight excluding hydrogens is 264 g/mol. The van der Waals surface area contributed by atoms with Crippen LogP contribution in [0.3, 0.4) is 0 Å². The number of nitrogens with one attached hydrogen (secondary N) is 1. The van der Waals surface area contributed by atoms with Crippen molar-refractivity contribution in [2.45, 2.75) is 19.8 Å². The zero-order chi connectivity index (χ0) is 14.0. The molecule has 1 aliphatic heterocycles. The maximum absolute atomic E-state index is 11.9. The first-order valence-corrected chi connectivity index (χ1v) is 8.04. The first-order chi connectivity index (χ1) is 8.85. The highest BCUT2D eigenvalue weighted by Gasteiger charge is 2.29. The second-order valence-electron chi connectivity index (χ2n) is 5.10. The predicted molar refractivity (Wildman–Crippen MR) is 75.6 cm³/mol. The van der Waals surface area contributed by atoms with Crippen molar-refractivity contribution in [3.63, 3.8) is 0 Å². The molecule has 104 valence electrons. The van der Waals surface area contributed by atoms with Gasteiger partial charge in [0, 0.05) is 17.8 Å². The topological polar surface area (TPSA) is 89.3 Å². The summed E-state index contributed by atoms with van der Waals surface area (Å²) in [5, 5.41) is 2.79. The maximum atomic E-state index is 11.9. The number of amides is 1. The first kappa shape index (κ1) is 13.9. The van der Waals surface area contributed by atoms with Crippen LogP contribution < -0.4 is 11.1 Å². The van der Waals surface area contributed by atoms with Crippen LogP contribution in [0.15, 0.2) is 18.2 Å². The molecule has 6 heteroatoms. The number of benzene rings is 1. The standard InChI is InChI=1S/C13H18N2O3S/c1-9-2-3-11(14)7-12(9)15-13(16)6-10-4-5-19(17,18)8-10/h2-3,7,10H,4-6,8,14H2,1H3,(H,15,16). The van der Waals surface area contributed by atoms with Crippen LogP contribution in [0.1, 0.15) is 18.4 Å². The van der Waals surface area contributed by atoms with Gasteiger partial charge in [0.15, 0.2) is 9.84 Å². The van der Waals surface area contributed by atoms with Crippen molar-refractivity contribution >= 4 is 27.1 Å². The van der Waals surface area contributed by atoms with Gasteiger partial charge in [0.1, 0.15) is 0 Å². The summed E-state index contributed by atoms with van der Waals surface area (Å²) in [5.41, 5.74) is 7.88. The normalized spacial score (nSPS) is 21.2. The molecule has 0 aliphatic carbocycles. The van der Waals surface area contributed by atoms with Gasteiger partial charge < -0.3 is 11.1 Å². The molecule has 0 aromatic heterocycles. The van der Waals surface area contributed by atoms with Gasteiger partial charge in [-0.2, -0.15) is 0 Å². The average molecular weight is 282 g/mol. The lowest BCUT2D eigenvalue weighted by atomic mass is 10.0. The van der Waals surface area contributed by atoms with Crippen molar-refractivity contribution < 1.29 is 13.2 Å². The molecule has 1 saturated heterocycles. The summed E-state index contributed by atoms with van der Waals surface area (Å²) in [5.74, 6) is 0.0978. The Balaban J connectivity index is 1.97. The lowest BCUT2D eigenvalue weighted by molar-refractivity contribution is -0.116. The van der Waals surface area contributed by atoms with E-state index in [0.29, 0.717) is 17.8 Å². The van der Waals surface area contributed by atoms with E-state index in [4.69, 9.17) is 5.73 Å². The summed E-state index contributed by atoms with van der Waals surface area (Å²) >= 11 is 0. The summed E-state index contributed by atoms with van der Waals surface area (Å²) in [6, 6.07) is 5.32. The summed E-state index contributed by atoms with van der Waals surface area (Å²) in [7, 11) is -2.93. The zero-order valence-electron chi connectivity index (χ0n) is 10.8. The van der Waals surface area contributed by atoms with Gasteiger partial charge in [-0.1, -0.05) is 6.07 Å². The minimum Gasteiger partial charge on any atom is -0.399 e. The van der Waals surface area contributed by atoms with E-state index in [9.17, 15) is 13.2 Å². The molecule has 0 saturated carbocycles. The highest BCUT2D eigenvalue weighted by Crippen LogP contribution is 2.23. The van der Waals surface area contributed by atoms with Gasteiger partial charge in [-0.05, 0) is 37.0 Å². The fourth-order valence-electron chi connectivity index (χ4n) is 2.27. The Morgan fingerprint density at radius 2 is 2.21 bits per heavy atom. The van der Waals surface area contributed by atoms with Crippen LogP contribution in [0.2, 0.25) is 0 Å². The van der Waals surface area contributed by atoms with E-state index in [0.717, 1.165) is 5.56 Å². The van der Waals surface area contributed by atoms with Gasteiger partial charge in [0.2, 0.25) is 5.91 Å². The monoisotopic (exact) mass is 282 g/mol. The number of nitrogens with two attached hydrogens (primary N) is 1. The Morgan fingerprint density at radius 1 is 1.47 bits per heavy atom. The third-order valence-electron chi connectivity index (χ3n) is 3.34. The molecule has 1 unspecified atom stereocenters. The molecule has 3 N–H and O–H groups in total. The molecule has 19 heavy (non-hydrogen) atoms. The first-order valence-electron chi connectivity index (χ1n) is 6.22. The van der Waals surface area contributed by atoms with Crippen LogP contribution in [-0.2, 0) is 14.6 Å². The number of anilines is 2. The van der Waals surface area contributed by atoms with Crippen LogP contribution in [0.25, 0.3) is 0 Å². The molecule has 1 amide bonds. The zero-order valence-corrected chi connectivity index (χ0v) is 11.7. The highest BCUT2D eigenvalue weighted by atomic mass is 32.2. The smallest absolute Gasteiger partial charge is 0.224 e. The number of nitrogen functional groups attached to an aromatic ring is 1. The minimum absolute atomic E-state index is 0.0636. The van der Waals surface area contributed by atoms with E-state index in [1.165, 1.54) is 0 Å². The fraction of sp³-hybridized carbons (Fsp3) is 0.462. The lowest BCUT2D eigenvalue weighted by Crippen LogP contribution is -2.18. The quantitative estimate of drug-likeness (QED) is 0.819. The van der Waals surface area contributed by atoms with Crippen LogP contribution >= 0.6 is 0 Å². The van der Waals surface area contributed by atoms with Crippen molar-refractivity contribution in [2.24, 2.45) is 5.92 Å². The predicted octanol–water partition coefficient (Wildman–Crippen LogP) is 1.34. The Bertz CT molecular complexity index is 596. The number of rotatable bonds is 3. The number of hydrogen-bond acceptors (Lipinski definition) is 4. The molecule has 0 spiro atoms. The molecule has 2 rings (SSSR count). The molecule has 1 heterocycles. The molecule has 1 atom stereocenters. The fourth-order valence-corrected chi connectivity index (χ4v) is 4.13. The second-order valence-corrected chi connectivity index (χ2v) is 7.32. The minimum atomic E-state index is -2.93. The SMILES string of the molecule is Cc1ccc(N)cc1NC(=O)CC1CCS(=O)(=O)C1. The van der Waals surface area contributed by atoms with Crippen LogP contribution in [-0.4, -0.2) is 25.8 Å². The van der Waals surface area contributed by atoms with E-state index in [2.05, 4.69) is 5.32 Å². The molecule has 1 aliphatic rings. The molecular formula is C13H18N2O3S. The van der Waals surface area contributed by atoms with Crippen molar-refractivity contribution in [3.05, 3.63) is 23.8 Å². The van der Waals surface area contributed by atoms with Gasteiger partial charge in [0.05, 0.1) is 11.5 Å². The molecule has 1 fully saturated rings. The van der Waals surface area contributed by atoms with Crippen molar-refractivity contribution in [1.29, 1.82) is 0 Å². The summed E-state index contributed by atoms with van der Waals surface area (Å²) in [6.07, 6.45) is 0.819. The van der Waals surface area contributed by atoms with Gasteiger partial charge in [0.25, 0.3) is 0 Å². The number of carbonyl (C=O) groups excluding carboxylic acids is 1. The van der Waals surface area contributed by atoms with Crippen LogP contribution in [0.4, 0.5) is 11.4 Å². The molecule has 0 radical (unpaired) electrons. The van der Waals surface area contributed by atoms with Crippen molar-refractivity contribution in [2.75, 3.05) is 22.6 Å². The van der Waals surface area contributed by atoms with E-state index in [1.54, 1.807) is 12.1 Å². The lowest BCUT2D eigenvalue weighted by Gasteiger charge is -2.11. The van der Waals surface area contributed by atoms with E-state index in [-0.39, 0.29) is 29.8 Å². The average Bonchev–Trinajstić information content (AvgIpc) is 2.63. The van der Waals surface area contributed by atoms with Gasteiger partial charge in [-0.3, -0.25) is 4.79 Å². The van der Waals surface area contributed by atoms with Gasteiger partial charge >= 0.3 is 0 Å². The third kappa shape index (κ3) is 3.70. The van der Waals surface area contributed by atoms with Crippen LogP contribution in [0.5, 0.6) is 0 Å². The van der Waals surface area contributed by atoms with Gasteiger partial charge in [-0.25, -0.2) is 8.42 Å². The van der Waals surface area contributed by atoms with Gasteiger partial charge in [-0.15, -0.1) is 0 Å². The summed E-state index contributed by atoms with van der Waals surface area (Å²) in [6.45, 7) is 1.88. The highest BCUT2D eigenvalue weighted by molar-refractivity contribution is 7.91. The Labute approximate surface area is 113 Å². The Kier molecular flexibility index (Phi) is 3.80. The second kappa shape index (κ2) is 5.21. The molecule has 5 nitrogen and oxygen atoms in total. The van der Waals surface area contributed by atoms with Crippen molar-refractivity contribution in [1.82, 2.24) is 0 Å². The molecule has 1 aromatic carbocycles. The number of carbonyl (C=O) groups is 1. The number of sulfone groups is 1. The van der Waals surface area contributed by atoms with E-state index >= 15 is 0 Å². The number of aryl methyl sites for hydroxylation is 1. The Morgan fingerprint density at radius 3 is 2.84 bits per heavy atom. The van der Waals surface area contributed by atoms with Crippen LogP contribution in [0, 0.1) is 12.8 Å². The summed E-state index contributed by atoms with van der Waals surface area (Å²) in [4.78, 5) is 11.9. The number of hydrogen-bond donors (Lipinski definition) is 2. The van der Waals surface area contributed by atoms with E-state index in [1.807, 2.05) is 13.0 Å². The molecule has 0 bridgehead atoms. The Hall–Kier alpha value is -1.56. The maximum Gasteiger partial charge on any atom is 0.224 e. The summed E-state index contributed by atoms with van der Waals surface area (Å²) < 4.78 is 22.7. The largest absolute Gasteiger partial charge is 0.399 e. The third-order valence-corrected chi connectivity index (χ3v) is 5.17. The van der Waals surface area contributed by atoms with E-state index < -0.39 is 9.84 Å².